The molecule has 1 aromatic heterocycles. The van der Waals surface area contributed by atoms with Gasteiger partial charge in [0.2, 0.25) is 0 Å². The van der Waals surface area contributed by atoms with Crippen molar-refractivity contribution >= 4 is 22.5 Å². The Morgan fingerprint density at radius 3 is 2.59 bits per heavy atom. The first-order chi connectivity index (χ1) is 14.0. The Bertz CT molecular complexity index is 962. The molecule has 3 aromatic rings. The van der Waals surface area contributed by atoms with Crippen molar-refractivity contribution in [2.45, 2.75) is 38.6 Å². The topological polar surface area (TPSA) is 46.3 Å². The van der Waals surface area contributed by atoms with Crippen LogP contribution in [0.5, 0.6) is 11.5 Å². The zero-order chi connectivity index (χ0) is 20.3. The molecule has 0 saturated heterocycles. The maximum absolute atomic E-state index is 6.10. The van der Waals surface area contributed by atoms with Crippen molar-refractivity contribution in [2.75, 3.05) is 19.8 Å². The molecule has 2 aromatic carbocycles. The van der Waals surface area contributed by atoms with Crippen LogP contribution in [0.15, 0.2) is 48.5 Å². The monoisotopic (exact) mass is 412 g/mol. The maximum Gasteiger partial charge on any atom is 0.161 e. The molecule has 0 unspecified atom stereocenters. The minimum atomic E-state index is -0.0595. The third kappa shape index (κ3) is 5.68. The highest BCUT2D eigenvalue weighted by Gasteiger charge is 2.22. The fourth-order valence-corrected chi connectivity index (χ4v) is 3.71. The van der Waals surface area contributed by atoms with Gasteiger partial charge in [-0.1, -0.05) is 23.7 Å². The van der Waals surface area contributed by atoms with Crippen molar-refractivity contribution < 1.29 is 9.47 Å². The normalized spacial score (nSPS) is 14.3. The summed E-state index contributed by atoms with van der Waals surface area (Å²) in [5, 5.41) is 5.51. The van der Waals surface area contributed by atoms with Gasteiger partial charge in [-0.15, -0.1) is 0 Å². The number of nitrogens with one attached hydrogen (secondary N) is 2. The van der Waals surface area contributed by atoms with Gasteiger partial charge in [0.15, 0.2) is 11.5 Å². The number of hydrogen-bond acceptors (Lipinski definition) is 3. The van der Waals surface area contributed by atoms with Gasteiger partial charge in [-0.3, -0.25) is 0 Å². The molecule has 0 bridgehead atoms. The molecule has 0 spiro atoms. The van der Waals surface area contributed by atoms with Crippen LogP contribution in [0, 0.1) is 5.92 Å². The summed E-state index contributed by atoms with van der Waals surface area (Å²) in [6.45, 7) is 6.56. The van der Waals surface area contributed by atoms with Crippen LogP contribution in [0.3, 0.4) is 0 Å². The Balaban J connectivity index is 1.27. The fourth-order valence-electron chi connectivity index (χ4n) is 3.53. The summed E-state index contributed by atoms with van der Waals surface area (Å²) >= 11 is 6.10. The van der Waals surface area contributed by atoms with Gasteiger partial charge in [-0.2, -0.15) is 0 Å². The SMILES string of the molecule is CC(C)(Cc1cc2cc(Cl)ccc2[nH]1)NCCOc1ccccc1OCC1CC1. The number of aromatic amines is 1. The lowest BCUT2D eigenvalue weighted by Crippen LogP contribution is -2.43. The third-order valence-corrected chi connectivity index (χ3v) is 5.49. The lowest BCUT2D eigenvalue weighted by Gasteiger charge is -2.26. The third-order valence-electron chi connectivity index (χ3n) is 5.25. The molecule has 0 aliphatic heterocycles. The number of halogens is 1. The lowest BCUT2D eigenvalue weighted by molar-refractivity contribution is 0.249. The van der Waals surface area contributed by atoms with Gasteiger partial charge >= 0.3 is 0 Å². The predicted octanol–water partition coefficient (Wildman–Crippen LogP) is 5.60. The van der Waals surface area contributed by atoms with E-state index >= 15 is 0 Å². The standard InChI is InChI=1S/C24H29ClN2O2/c1-24(2,15-20-14-18-13-19(25)9-10-21(18)27-20)26-11-12-28-22-5-3-4-6-23(22)29-16-17-7-8-17/h3-6,9-10,13-14,17,26-27H,7-8,11-12,15-16H2,1-2H3. The van der Waals surface area contributed by atoms with E-state index in [-0.39, 0.29) is 5.54 Å². The number of rotatable bonds is 10. The average Bonchev–Trinajstić information content (AvgIpc) is 3.43. The molecule has 2 N–H and O–H groups in total. The number of para-hydroxylation sites is 2. The molecular formula is C24H29ClN2O2. The van der Waals surface area contributed by atoms with Crippen LogP contribution in [0.2, 0.25) is 5.02 Å². The van der Waals surface area contributed by atoms with Gasteiger partial charge in [0, 0.05) is 40.1 Å². The molecule has 1 fully saturated rings. The summed E-state index contributed by atoms with van der Waals surface area (Å²) < 4.78 is 11.9. The number of ether oxygens (including phenoxy) is 2. The summed E-state index contributed by atoms with van der Waals surface area (Å²) in [6, 6.07) is 16.0. The van der Waals surface area contributed by atoms with Crippen molar-refractivity contribution in [2.24, 2.45) is 5.92 Å². The molecule has 1 aliphatic carbocycles. The molecule has 154 valence electrons. The molecule has 5 heteroatoms. The Labute approximate surface area is 177 Å². The maximum atomic E-state index is 6.10. The number of fused-ring (bicyclic) bond motifs is 1. The van der Waals surface area contributed by atoms with Crippen molar-refractivity contribution in [1.82, 2.24) is 10.3 Å². The molecular weight excluding hydrogens is 384 g/mol. The molecule has 4 nitrogen and oxygen atoms in total. The van der Waals surface area contributed by atoms with Crippen LogP contribution in [0.4, 0.5) is 0 Å². The molecule has 29 heavy (non-hydrogen) atoms. The van der Waals surface area contributed by atoms with Crippen LogP contribution in [-0.2, 0) is 6.42 Å². The van der Waals surface area contributed by atoms with E-state index in [0.29, 0.717) is 6.61 Å². The van der Waals surface area contributed by atoms with Crippen molar-refractivity contribution in [3.05, 3.63) is 59.2 Å². The average molecular weight is 413 g/mol. The van der Waals surface area contributed by atoms with E-state index in [1.807, 2.05) is 42.5 Å². The largest absolute Gasteiger partial charge is 0.489 e. The summed E-state index contributed by atoms with van der Waals surface area (Å²) in [5.41, 5.74) is 2.25. The van der Waals surface area contributed by atoms with E-state index in [1.165, 1.54) is 18.5 Å². The minimum Gasteiger partial charge on any atom is -0.489 e. The molecule has 1 saturated carbocycles. The zero-order valence-corrected chi connectivity index (χ0v) is 17.9. The van der Waals surface area contributed by atoms with Gasteiger partial charge in [-0.25, -0.2) is 0 Å². The van der Waals surface area contributed by atoms with Gasteiger partial charge in [0.05, 0.1) is 6.61 Å². The number of aromatic nitrogens is 1. The van der Waals surface area contributed by atoms with Crippen LogP contribution in [0.1, 0.15) is 32.4 Å². The molecule has 1 heterocycles. The Kier molecular flexibility index (Phi) is 6.02. The first-order valence-electron chi connectivity index (χ1n) is 10.4. The number of hydrogen-bond donors (Lipinski definition) is 2. The summed E-state index contributed by atoms with van der Waals surface area (Å²) in [7, 11) is 0. The van der Waals surface area contributed by atoms with Crippen LogP contribution in [0.25, 0.3) is 10.9 Å². The molecule has 0 radical (unpaired) electrons. The second-order valence-electron chi connectivity index (χ2n) is 8.56. The highest BCUT2D eigenvalue weighted by Crippen LogP contribution is 2.32. The quantitative estimate of drug-likeness (QED) is 0.426. The smallest absolute Gasteiger partial charge is 0.161 e. The highest BCUT2D eigenvalue weighted by molar-refractivity contribution is 6.31. The second-order valence-corrected chi connectivity index (χ2v) is 9.00. The first-order valence-corrected chi connectivity index (χ1v) is 10.7. The Morgan fingerprint density at radius 1 is 1.07 bits per heavy atom. The van der Waals surface area contributed by atoms with Crippen molar-refractivity contribution in [3.63, 3.8) is 0 Å². The molecule has 4 rings (SSSR count). The number of H-pyrrole nitrogens is 1. The number of benzene rings is 2. The van der Waals surface area contributed by atoms with E-state index in [4.69, 9.17) is 21.1 Å². The Morgan fingerprint density at radius 2 is 1.83 bits per heavy atom. The van der Waals surface area contributed by atoms with E-state index in [1.54, 1.807) is 0 Å². The summed E-state index contributed by atoms with van der Waals surface area (Å²) in [5.74, 6) is 2.39. The highest BCUT2D eigenvalue weighted by atomic mass is 35.5. The Hall–Kier alpha value is -2.17. The zero-order valence-electron chi connectivity index (χ0n) is 17.1. The molecule has 1 aliphatic rings. The summed E-state index contributed by atoms with van der Waals surface area (Å²) in [6.07, 6.45) is 3.46. The lowest BCUT2D eigenvalue weighted by atomic mass is 9.98. The van der Waals surface area contributed by atoms with Gasteiger partial charge < -0.3 is 19.8 Å². The van der Waals surface area contributed by atoms with Crippen LogP contribution < -0.4 is 14.8 Å². The van der Waals surface area contributed by atoms with E-state index in [9.17, 15) is 0 Å². The van der Waals surface area contributed by atoms with Gasteiger partial charge in [0.25, 0.3) is 0 Å². The fraction of sp³-hybridized carbons (Fsp3) is 0.417. The minimum absolute atomic E-state index is 0.0595. The van der Waals surface area contributed by atoms with Gasteiger partial charge in [-0.05, 0) is 69.0 Å². The van der Waals surface area contributed by atoms with Crippen LogP contribution in [-0.4, -0.2) is 30.3 Å². The molecule has 0 atom stereocenters. The van der Waals surface area contributed by atoms with E-state index < -0.39 is 0 Å². The predicted molar refractivity (Wildman–Crippen MR) is 119 cm³/mol. The second kappa shape index (κ2) is 8.68. The van der Waals surface area contributed by atoms with Crippen LogP contribution >= 0.6 is 11.6 Å². The molecule has 0 amide bonds. The van der Waals surface area contributed by atoms with E-state index in [2.05, 4.69) is 30.2 Å². The van der Waals surface area contributed by atoms with Crippen molar-refractivity contribution in [3.8, 4) is 11.5 Å². The first kappa shape index (κ1) is 20.1. The summed E-state index contributed by atoms with van der Waals surface area (Å²) in [4.78, 5) is 3.48. The van der Waals surface area contributed by atoms with Crippen molar-refractivity contribution in [1.29, 1.82) is 0 Å². The van der Waals surface area contributed by atoms with E-state index in [0.717, 1.165) is 52.9 Å². The van der Waals surface area contributed by atoms with Gasteiger partial charge in [0.1, 0.15) is 6.61 Å².